The first-order chi connectivity index (χ1) is 5.95. The van der Waals surface area contributed by atoms with Crippen molar-refractivity contribution in [3.05, 3.63) is 0 Å². The highest BCUT2D eigenvalue weighted by molar-refractivity contribution is 5.81. The van der Waals surface area contributed by atoms with Gasteiger partial charge in [-0.2, -0.15) is 0 Å². The first-order valence-corrected chi connectivity index (χ1v) is 3.83. The van der Waals surface area contributed by atoms with Gasteiger partial charge in [-0.25, -0.2) is 0 Å². The second-order valence-electron chi connectivity index (χ2n) is 3.03. The SMILES string of the molecule is CC(=O)[C@H]1O[C@H](O)[C@H](O)[C@@H](O)[C@H]1O. The number of hydrogen-bond donors (Lipinski definition) is 4. The van der Waals surface area contributed by atoms with Crippen LogP contribution in [0.2, 0.25) is 0 Å². The summed E-state index contributed by atoms with van der Waals surface area (Å²) in [6, 6.07) is 0. The molecule has 6 nitrogen and oxygen atoms in total. The molecule has 1 heterocycles. The molecule has 0 unspecified atom stereocenters. The lowest BCUT2D eigenvalue weighted by Crippen LogP contribution is -2.59. The van der Waals surface area contributed by atoms with Crippen molar-refractivity contribution in [1.29, 1.82) is 0 Å². The quantitative estimate of drug-likeness (QED) is 0.362. The molecule has 0 radical (unpaired) electrons. The Morgan fingerprint density at radius 3 is 2.08 bits per heavy atom. The van der Waals surface area contributed by atoms with Crippen LogP contribution in [0.1, 0.15) is 6.92 Å². The van der Waals surface area contributed by atoms with Crippen molar-refractivity contribution in [1.82, 2.24) is 0 Å². The molecule has 4 N–H and O–H groups in total. The third kappa shape index (κ3) is 1.87. The van der Waals surface area contributed by atoms with Gasteiger partial charge in [0.2, 0.25) is 0 Å². The Bertz CT molecular complexity index is 205. The molecule has 0 aromatic carbocycles. The Morgan fingerprint density at radius 2 is 1.62 bits per heavy atom. The number of aliphatic hydroxyl groups is 4. The topological polar surface area (TPSA) is 107 Å². The minimum Gasteiger partial charge on any atom is -0.387 e. The third-order valence-electron chi connectivity index (χ3n) is 1.99. The molecule has 1 rings (SSSR count). The van der Waals surface area contributed by atoms with E-state index in [-0.39, 0.29) is 0 Å². The fourth-order valence-electron chi connectivity index (χ4n) is 1.20. The number of ketones is 1. The molecule has 0 amide bonds. The van der Waals surface area contributed by atoms with Crippen LogP contribution >= 0.6 is 0 Å². The van der Waals surface area contributed by atoms with E-state index in [4.69, 9.17) is 15.3 Å². The van der Waals surface area contributed by atoms with Crippen LogP contribution in [0.4, 0.5) is 0 Å². The average Bonchev–Trinajstić information content (AvgIpc) is 2.07. The number of hydrogen-bond acceptors (Lipinski definition) is 6. The van der Waals surface area contributed by atoms with E-state index < -0.39 is 36.5 Å². The molecule has 1 fully saturated rings. The first-order valence-electron chi connectivity index (χ1n) is 3.83. The van der Waals surface area contributed by atoms with E-state index in [0.29, 0.717) is 0 Å². The van der Waals surface area contributed by atoms with E-state index in [9.17, 15) is 9.90 Å². The zero-order chi connectivity index (χ0) is 10.2. The Hall–Kier alpha value is -0.530. The van der Waals surface area contributed by atoms with Crippen LogP contribution in [0.5, 0.6) is 0 Å². The number of rotatable bonds is 1. The van der Waals surface area contributed by atoms with Gasteiger partial charge in [0.1, 0.15) is 24.4 Å². The van der Waals surface area contributed by atoms with E-state index in [0.717, 1.165) is 6.92 Å². The molecule has 0 aliphatic carbocycles. The van der Waals surface area contributed by atoms with E-state index in [1.807, 2.05) is 0 Å². The van der Waals surface area contributed by atoms with Gasteiger partial charge in [-0.15, -0.1) is 0 Å². The summed E-state index contributed by atoms with van der Waals surface area (Å²) in [7, 11) is 0. The Kier molecular flexibility index (Phi) is 2.99. The summed E-state index contributed by atoms with van der Waals surface area (Å²) >= 11 is 0. The summed E-state index contributed by atoms with van der Waals surface area (Å²) in [6.07, 6.45) is -7.60. The zero-order valence-corrected chi connectivity index (χ0v) is 6.99. The molecular formula is C7H12O6. The van der Waals surface area contributed by atoms with Gasteiger partial charge < -0.3 is 25.2 Å². The molecule has 6 heteroatoms. The predicted molar refractivity (Wildman–Crippen MR) is 39.6 cm³/mol. The Morgan fingerprint density at radius 1 is 1.08 bits per heavy atom. The predicted octanol–water partition coefficient (Wildman–Crippen LogP) is -2.62. The van der Waals surface area contributed by atoms with Crippen molar-refractivity contribution < 1.29 is 30.0 Å². The summed E-state index contributed by atoms with van der Waals surface area (Å²) in [6.45, 7) is 1.16. The second-order valence-corrected chi connectivity index (χ2v) is 3.03. The van der Waals surface area contributed by atoms with E-state index >= 15 is 0 Å². The van der Waals surface area contributed by atoms with E-state index in [1.165, 1.54) is 0 Å². The lowest BCUT2D eigenvalue weighted by atomic mass is 9.97. The molecule has 1 aliphatic heterocycles. The number of carbonyl (C=O) groups is 1. The third-order valence-corrected chi connectivity index (χ3v) is 1.99. The molecule has 0 saturated carbocycles. The summed E-state index contributed by atoms with van der Waals surface area (Å²) in [5, 5.41) is 36.4. The lowest BCUT2D eigenvalue weighted by molar-refractivity contribution is -0.274. The number of carbonyl (C=O) groups excluding carboxylic acids is 1. The summed E-state index contributed by atoms with van der Waals surface area (Å²) in [5.74, 6) is -0.516. The van der Waals surface area contributed by atoms with Crippen LogP contribution in [0, 0.1) is 0 Å². The van der Waals surface area contributed by atoms with E-state index in [1.54, 1.807) is 0 Å². The van der Waals surface area contributed by atoms with Gasteiger partial charge in [-0.05, 0) is 6.92 Å². The van der Waals surface area contributed by atoms with Gasteiger partial charge in [-0.3, -0.25) is 4.79 Å². The lowest BCUT2D eigenvalue weighted by Gasteiger charge is -2.37. The molecule has 0 aromatic heterocycles. The second kappa shape index (κ2) is 3.69. The molecule has 13 heavy (non-hydrogen) atoms. The van der Waals surface area contributed by atoms with Crippen molar-refractivity contribution in [3.63, 3.8) is 0 Å². The molecule has 0 aromatic rings. The molecular weight excluding hydrogens is 180 g/mol. The monoisotopic (exact) mass is 192 g/mol. The standard InChI is InChI=1S/C7H12O6/c1-2(8)6-4(10)3(9)5(11)7(12)13-6/h3-7,9-12H,1H3/t3-,4+,5+,6+,7-/m0/s1. The fraction of sp³-hybridized carbons (Fsp3) is 0.857. The van der Waals surface area contributed by atoms with Crippen molar-refractivity contribution in [2.45, 2.75) is 37.6 Å². The van der Waals surface area contributed by atoms with Crippen molar-refractivity contribution in [2.75, 3.05) is 0 Å². The summed E-state index contributed by atoms with van der Waals surface area (Å²) < 4.78 is 4.59. The number of aliphatic hydroxyl groups excluding tert-OH is 4. The maximum absolute atomic E-state index is 10.8. The van der Waals surface area contributed by atoms with Crippen molar-refractivity contribution in [2.24, 2.45) is 0 Å². The van der Waals surface area contributed by atoms with Gasteiger partial charge in [0.25, 0.3) is 0 Å². The van der Waals surface area contributed by atoms with Gasteiger partial charge in [0.05, 0.1) is 0 Å². The van der Waals surface area contributed by atoms with Crippen LogP contribution in [-0.2, 0) is 9.53 Å². The van der Waals surface area contributed by atoms with Crippen LogP contribution < -0.4 is 0 Å². The smallest absolute Gasteiger partial charge is 0.184 e. The Labute approximate surface area is 74.4 Å². The van der Waals surface area contributed by atoms with Gasteiger partial charge >= 0.3 is 0 Å². The molecule has 5 atom stereocenters. The van der Waals surface area contributed by atoms with Crippen LogP contribution in [-0.4, -0.2) is 56.9 Å². The summed E-state index contributed by atoms with van der Waals surface area (Å²) in [5.41, 5.74) is 0. The van der Waals surface area contributed by atoms with Gasteiger partial charge in [0, 0.05) is 0 Å². The van der Waals surface area contributed by atoms with Crippen molar-refractivity contribution >= 4 is 5.78 Å². The maximum atomic E-state index is 10.8. The van der Waals surface area contributed by atoms with Gasteiger partial charge in [-0.1, -0.05) is 0 Å². The number of Topliss-reactive ketones (excluding diaryl/α,β-unsaturated/α-hetero) is 1. The minimum absolute atomic E-state index is 0.516. The van der Waals surface area contributed by atoms with Gasteiger partial charge in [0.15, 0.2) is 12.1 Å². The average molecular weight is 192 g/mol. The molecule has 0 bridgehead atoms. The number of ether oxygens (including phenoxy) is 1. The van der Waals surface area contributed by atoms with E-state index in [2.05, 4.69) is 4.74 Å². The normalized spacial score (nSPS) is 46.1. The molecule has 0 spiro atoms. The van der Waals surface area contributed by atoms with Crippen LogP contribution in [0.15, 0.2) is 0 Å². The minimum atomic E-state index is -1.65. The fourth-order valence-corrected chi connectivity index (χ4v) is 1.20. The van der Waals surface area contributed by atoms with Crippen LogP contribution in [0.3, 0.4) is 0 Å². The highest BCUT2D eigenvalue weighted by Gasteiger charge is 2.44. The first kappa shape index (κ1) is 10.6. The largest absolute Gasteiger partial charge is 0.387 e. The maximum Gasteiger partial charge on any atom is 0.184 e. The van der Waals surface area contributed by atoms with Crippen LogP contribution in [0.25, 0.3) is 0 Å². The zero-order valence-electron chi connectivity index (χ0n) is 6.99. The Balaban J connectivity index is 2.76. The molecule has 1 aliphatic rings. The summed E-state index contributed by atoms with van der Waals surface area (Å²) in [4.78, 5) is 10.8. The molecule has 1 saturated heterocycles. The highest BCUT2D eigenvalue weighted by Crippen LogP contribution is 2.20. The van der Waals surface area contributed by atoms with Crippen molar-refractivity contribution in [3.8, 4) is 0 Å². The highest BCUT2D eigenvalue weighted by atomic mass is 16.6. The molecule has 76 valence electrons.